The van der Waals surface area contributed by atoms with Gasteiger partial charge < -0.3 is 10.0 Å². The fourth-order valence-electron chi connectivity index (χ4n) is 2.22. The van der Waals surface area contributed by atoms with Crippen molar-refractivity contribution in [1.29, 1.82) is 0 Å². The summed E-state index contributed by atoms with van der Waals surface area (Å²) < 4.78 is 0. The van der Waals surface area contributed by atoms with E-state index in [1.54, 1.807) is 30.7 Å². The molecule has 1 aliphatic rings. The Bertz CT molecular complexity index is 302. The monoisotopic (exact) mass is 228 g/mol. The van der Waals surface area contributed by atoms with Crippen LogP contribution in [-0.2, 0) is 9.59 Å². The summed E-state index contributed by atoms with van der Waals surface area (Å²) in [5.41, 5.74) is -1.000. The van der Waals surface area contributed by atoms with Crippen molar-refractivity contribution in [3.05, 3.63) is 0 Å². The highest BCUT2D eigenvalue weighted by atomic mass is 16.4. The molecule has 16 heavy (non-hydrogen) atoms. The first-order valence-electron chi connectivity index (χ1n) is 5.57. The summed E-state index contributed by atoms with van der Waals surface area (Å²) in [6, 6.07) is -0.291. The van der Waals surface area contributed by atoms with Crippen LogP contribution in [0.15, 0.2) is 0 Å². The van der Waals surface area contributed by atoms with Gasteiger partial charge >= 0.3 is 5.97 Å². The highest BCUT2D eigenvalue weighted by molar-refractivity contribution is 5.85. The van der Waals surface area contributed by atoms with Crippen LogP contribution in [0.3, 0.4) is 0 Å². The van der Waals surface area contributed by atoms with Gasteiger partial charge in [0.25, 0.3) is 0 Å². The summed E-state index contributed by atoms with van der Waals surface area (Å²) in [5.74, 6) is -0.868. The second kappa shape index (κ2) is 4.41. The number of carbonyl (C=O) groups excluding carboxylic acids is 1. The van der Waals surface area contributed by atoms with E-state index >= 15 is 0 Å². The van der Waals surface area contributed by atoms with E-state index in [2.05, 4.69) is 0 Å². The summed E-state index contributed by atoms with van der Waals surface area (Å²) in [5, 5.41) is 9.19. The second-order valence-electron chi connectivity index (χ2n) is 4.71. The summed E-state index contributed by atoms with van der Waals surface area (Å²) in [4.78, 5) is 26.5. The first-order chi connectivity index (χ1) is 7.32. The molecule has 5 heteroatoms. The van der Waals surface area contributed by atoms with E-state index in [-0.39, 0.29) is 11.9 Å². The van der Waals surface area contributed by atoms with Gasteiger partial charge in [0.2, 0.25) is 5.91 Å². The molecule has 0 aromatic heterocycles. The van der Waals surface area contributed by atoms with Crippen molar-refractivity contribution in [2.45, 2.75) is 38.8 Å². The maximum Gasteiger partial charge on any atom is 0.323 e. The number of amides is 1. The summed E-state index contributed by atoms with van der Waals surface area (Å²) in [6.45, 7) is 6.43. The van der Waals surface area contributed by atoms with E-state index in [1.807, 2.05) is 6.92 Å². The van der Waals surface area contributed by atoms with Crippen LogP contribution in [0, 0.1) is 0 Å². The van der Waals surface area contributed by atoms with Crippen LogP contribution in [0.25, 0.3) is 0 Å². The zero-order valence-electron chi connectivity index (χ0n) is 10.4. The van der Waals surface area contributed by atoms with Gasteiger partial charge in [0.15, 0.2) is 0 Å². The van der Waals surface area contributed by atoms with Crippen molar-refractivity contribution < 1.29 is 14.7 Å². The Morgan fingerprint density at radius 3 is 2.50 bits per heavy atom. The molecule has 5 nitrogen and oxygen atoms in total. The number of carboxylic acid groups (broad SMARTS) is 1. The molecule has 0 aromatic carbocycles. The molecule has 0 bridgehead atoms. The minimum Gasteiger partial charge on any atom is -0.480 e. The topological polar surface area (TPSA) is 60.9 Å². The Morgan fingerprint density at radius 2 is 2.19 bits per heavy atom. The maximum atomic E-state index is 11.9. The van der Waals surface area contributed by atoms with E-state index in [0.29, 0.717) is 19.5 Å². The minimum absolute atomic E-state index is 0.0242. The SMILES string of the molecule is CCN(C1CCN(C)C1=O)C(C)(C)C(=O)O. The summed E-state index contributed by atoms with van der Waals surface area (Å²) >= 11 is 0. The van der Waals surface area contributed by atoms with Crippen LogP contribution in [0.2, 0.25) is 0 Å². The minimum atomic E-state index is -1.000. The molecule has 1 atom stereocenters. The Hall–Kier alpha value is -1.10. The van der Waals surface area contributed by atoms with Crippen molar-refractivity contribution in [1.82, 2.24) is 9.80 Å². The third kappa shape index (κ3) is 2.04. The van der Waals surface area contributed by atoms with Crippen molar-refractivity contribution in [3.63, 3.8) is 0 Å². The van der Waals surface area contributed by atoms with E-state index in [0.717, 1.165) is 0 Å². The van der Waals surface area contributed by atoms with Gasteiger partial charge in [-0.05, 0) is 26.8 Å². The molecule has 0 saturated carbocycles. The fourth-order valence-corrected chi connectivity index (χ4v) is 2.22. The van der Waals surface area contributed by atoms with Crippen LogP contribution in [0.4, 0.5) is 0 Å². The number of nitrogens with zero attached hydrogens (tertiary/aromatic N) is 2. The lowest BCUT2D eigenvalue weighted by molar-refractivity contribution is -0.152. The van der Waals surface area contributed by atoms with Crippen LogP contribution < -0.4 is 0 Å². The molecule has 92 valence electrons. The van der Waals surface area contributed by atoms with Gasteiger partial charge in [0.05, 0.1) is 6.04 Å². The van der Waals surface area contributed by atoms with Gasteiger partial charge in [-0.25, -0.2) is 0 Å². The van der Waals surface area contributed by atoms with Gasteiger partial charge in [-0.3, -0.25) is 14.5 Å². The Morgan fingerprint density at radius 1 is 1.62 bits per heavy atom. The number of carbonyl (C=O) groups is 2. The second-order valence-corrected chi connectivity index (χ2v) is 4.71. The molecule has 1 heterocycles. The molecule has 1 saturated heterocycles. The van der Waals surface area contributed by atoms with Crippen LogP contribution in [0.5, 0.6) is 0 Å². The van der Waals surface area contributed by atoms with Gasteiger partial charge in [0, 0.05) is 13.6 Å². The zero-order valence-corrected chi connectivity index (χ0v) is 10.4. The highest BCUT2D eigenvalue weighted by Crippen LogP contribution is 2.24. The number of carboxylic acids is 1. The Labute approximate surface area is 96.0 Å². The maximum absolute atomic E-state index is 11.9. The fraction of sp³-hybridized carbons (Fsp3) is 0.818. The zero-order chi connectivity index (χ0) is 12.5. The van der Waals surface area contributed by atoms with Gasteiger partial charge in [-0.1, -0.05) is 6.92 Å². The molecular weight excluding hydrogens is 208 g/mol. The molecule has 0 spiro atoms. The van der Waals surface area contributed by atoms with Crippen LogP contribution in [-0.4, -0.2) is 58.5 Å². The van der Waals surface area contributed by atoms with Crippen molar-refractivity contribution >= 4 is 11.9 Å². The molecule has 1 amide bonds. The number of rotatable bonds is 4. The average molecular weight is 228 g/mol. The largest absolute Gasteiger partial charge is 0.480 e. The Balaban J connectivity index is 2.91. The number of likely N-dealkylation sites (N-methyl/N-ethyl adjacent to an activating group) is 2. The third-order valence-electron chi connectivity index (χ3n) is 3.36. The number of aliphatic carboxylic acids is 1. The molecule has 0 aromatic rings. The summed E-state index contributed by atoms with van der Waals surface area (Å²) in [6.07, 6.45) is 0.708. The molecule has 0 radical (unpaired) electrons. The molecular formula is C11H20N2O3. The van der Waals surface area contributed by atoms with Gasteiger partial charge in [-0.15, -0.1) is 0 Å². The smallest absolute Gasteiger partial charge is 0.323 e. The van der Waals surface area contributed by atoms with E-state index in [9.17, 15) is 14.7 Å². The predicted octanol–water partition coefficient (Wildman–Crippen LogP) is 0.402. The van der Waals surface area contributed by atoms with Crippen molar-refractivity contribution in [3.8, 4) is 0 Å². The van der Waals surface area contributed by atoms with Gasteiger partial charge in [0.1, 0.15) is 5.54 Å². The molecule has 1 rings (SSSR count). The number of hydrogen-bond acceptors (Lipinski definition) is 3. The highest BCUT2D eigenvalue weighted by Gasteiger charge is 2.43. The van der Waals surface area contributed by atoms with Crippen LogP contribution in [0.1, 0.15) is 27.2 Å². The molecule has 1 unspecified atom stereocenters. The third-order valence-corrected chi connectivity index (χ3v) is 3.36. The van der Waals surface area contributed by atoms with Gasteiger partial charge in [-0.2, -0.15) is 0 Å². The van der Waals surface area contributed by atoms with Crippen molar-refractivity contribution in [2.75, 3.05) is 20.1 Å². The lowest BCUT2D eigenvalue weighted by atomic mass is 9.99. The van der Waals surface area contributed by atoms with Crippen molar-refractivity contribution in [2.24, 2.45) is 0 Å². The lowest BCUT2D eigenvalue weighted by Crippen LogP contribution is -2.56. The molecule has 1 N–H and O–H groups in total. The molecule has 1 fully saturated rings. The molecule has 0 aliphatic carbocycles. The van der Waals surface area contributed by atoms with E-state index < -0.39 is 11.5 Å². The summed E-state index contributed by atoms with van der Waals surface area (Å²) in [7, 11) is 1.75. The quantitative estimate of drug-likeness (QED) is 0.756. The first kappa shape index (κ1) is 13.0. The predicted molar refractivity (Wildman–Crippen MR) is 60.1 cm³/mol. The Kier molecular flexibility index (Phi) is 3.57. The average Bonchev–Trinajstić information content (AvgIpc) is 2.50. The number of likely N-dealkylation sites (tertiary alicyclic amines) is 1. The van der Waals surface area contributed by atoms with Crippen LogP contribution >= 0.6 is 0 Å². The standard InChI is InChI=1S/C11H20N2O3/c1-5-13(11(2,3)10(15)16)8-6-7-12(4)9(8)14/h8H,5-7H2,1-4H3,(H,15,16). The lowest BCUT2D eigenvalue weighted by Gasteiger charge is -2.37. The number of hydrogen-bond donors (Lipinski definition) is 1. The first-order valence-corrected chi connectivity index (χ1v) is 5.57. The molecule has 1 aliphatic heterocycles. The van der Waals surface area contributed by atoms with E-state index in [4.69, 9.17) is 0 Å². The van der Waals surface area contributed by atoms with E-state index in [1.165, 1.54) is 0 Å². The normalized spacial score (nSPS) is 21.9.